The standard InChI is InChI=1S/C13H17N3OS/c14-12(18)7-3-4-8-16-9-13(17)15-10-5-1-2-6-11(10)16/h1-2,5-6H,3-4,7-9H2,(H2,14,18)(H,15,17). The third-order valence-electron chi connectivity index (χ3n) is 2.95. The lowest BCUT2D eigenvalue weighted by Crippen LogP contribution is -2.38. The minimum Gasteiger partial charge on any atom is -0.393 e. The van der Waals surface area contributed by atoms with Gasteiger partial charge in [0.1, 0.15) is 0 Å². The number of nitrogens with two attached hydrogens (primary N) is 1. The van der Waals surface area contributed by atoms with Gasteiger partial charge >= 0.3 is 0 Å². The van der Waals surface area contributed by atoms with Crippen LogP contribution in [0.15, 0.2) is 24.3 Å². The van der Waals surface area contributed by atoms with Gasteiger partial charge in [0.2, 0.25) is 5.91 Å². The highest BCUT2D eigenvalue weighted by Gasteiger charge is 2.20. The Morgan fingerprint density at radius 3 is 2.94 bits per heavy atom. The Balaban J connectivity index is 1.96. The van der Waals surface area contributed by atoms with Gasteiger partial charge in [-0.3, -0.25) is 4.79 Å². The van der Waals surface area contributed by atoms with E-state index in [-0.39, 0.29) is 5.91 Å². The summed E-state index contributed by atoms with van der Waals surface area (Å²) in [5.74, 6) is 0.0445. The summed E-state index contributed by atoms with van der Waals surface area (Å²) in [5.41, 5.74) is 7.45. The highest BCUT2D eigenvalue weighted by atomic mass is 32.1. The first-order chi connectivity index (χ1) is 8.66. The van der Waals surface area contributed by atoms with E-state index in [1.807, 2.05) is 24.3 Å². The van der Waals surface area contributed by atoms with Crippen molar-refractivity contribution in [1.29, 1.82) is 0 Å². The summed E-state index contributed by atoms with van der Waals surface area (Å²) in [6.45, 7) is 1.27. The number of unbranched alkanes of at least 4 members (excludes halogenated alkanes) is 1. The maximum Gasteiger partial charge on any atom is 0.243 e. The minimum absolute atomic E-state index is 0.0445. The molecule has 1 heterocycles. The topological polar surface area (TPSA) is 58.4 Å². The molecule has 1 amide bonds. The van der Waals surface area contributed by atoms with Gasteiger partial charge in [0.15, 0.2) is 0 Å². The molecule has 0 spiro atoms. The normalized spacial score (nSPS) is 14.0. The summed E-state index contributed by atoms with van der Waals surface area (Å²) in [6.07, 6.45) is 2.73. The number of nitrogens with zero attached hydrogens (tertiary/aromatic N) is 1. The Labute approximate surface area is 112 Å². The van der Waals surface area contributed by atoms with Crippen LogP contribution in [0.2, 0.25) is 0 Å². The van der Waals surface area contributed by atoms with Crippen LogP contribution in [0.5, 0.6) is 0 Å². The molecule has 96 valence electrons. The third kappa shape index (κ3) is 3.20. The fourth-order valence-corrected chi connectivity index (χ4v) is 2.25. The van der Waals surface area contributed by atoms with Gasteiger partial charge in [-0.2, -0.15) is 0 Å². The first-order valence-electron chi connectivity index (χ1n) is 6.09. The molecule has 0 bridgehead atoms. The second-order valence-corrected chi connectivity index (χ2v) is 4.93. The number of fused-ring (bicyclic) bond motifs is 1. The van der Waals surface area contributed by atoms with Crippen molar-refractivity contribution in [3.05, 3.63) is 24.3 Å². The van der Waals surface area contributed by atoms with E-state index in [2.05, 4.69) is 10.2 Å². The van der Waals surface area contributed by atoms with E-state index in [4.69, 9.17) is 18.0 Å². The van der Waals surface area contributed by atoms with Crippen LogP contribution in [0.25, 0.3) is 0 Å². The van der Waals surface area contributed by atoms with Crippen LogP contribution in [0.3, 0.4) is 0 Å². The molecule has 1 aromatic carbocycles. The van der Waals surface area contributed by atoms with E-state index >= 15 is 0 Å². The zero-order valence-corrected chi connectivity index (χ0v) is 11.0. The monoisotopic (exact) mass is 263 g/mol. The average Bonchev–Trinajstić information content (AvgIpc) is 2.34. The van der Waals surface area contributed by atoms with Gasteiger partial charge in [-0.25, -0.2) is 0 Å². The predicted octanol–water partition coefficient (Wildman–Crippen LogP) is 1.90. The van der Waals surface area contributed by atoms with Gasteiger partial charge in [0.25, 0.3) is 0 Å². The molecule has 0 atom stereocenters. The van der Waals surface area contributed by atoms with Crippen LogP contribution < -0.4 is 16.0 Å². The zero-order valence-electron chi connectivity index (χ0n) is 10.2. The number of thiocarbonyl (C=S) groups is 1. The number of benzene rings is 1. The van der Waals surface area contributed by atoms with Crippen molar-refractivity contribution in [2.24, 2.45) is 5.73 Å². The molecule has 4 nitrogen and oxygen atoms in total. The van der Waals surface area contributed by atoms with Gasteiger partial charge in [-0.1, -0.05) is 24.4 Å². The maximum atomic E-state index is 11.6. The first kappa shape index (κ1) is 12.8. The molecule has 5 heteroatoms. The second kappa shape index (κ2) is 5.82. The molecule has 1 aromatic rings. The van der Waals surface area contributed by atoms with E-state index in [1.54, 1.807) is 0 Å². The summed E-state index contributed by atoms with van der Waals surface area (Å²) in [7, 11) is 0. The van der Waals surface area contributed by atoms with E-state index in [1.165, 1.54) is 0 Å². The summed E-state index contributed by atoms with van der Waals surface area (Å²) in [5, 5.41) is 2.88. The lowest BCUT2D eigenvalue weighted by atomic mass is 10.1. The number of para-hydroxylation sites is 2. The highest BCUT2D eigenvalue weighted by Crippen LogP contribution is 2.28. The Morgan fingerprint density at radius 2 is 2.17 bits per heavy atom. The van der Waals surface area contributed by atoms with E-state index in [9.17, 15) is 4.79 Å². The quantitative estimate of drug-likeness (QED) is 0.629. The van der Waals surface area contributed by atoms with Crippen LogP contribution in [0.1, 0.15) is 19.3 Å². The Kier molecular flexibility index (Phi) is 4.15. The van der Waals surface area contributed by atoms with Crippen LogP contribution in [0.4, 0.5) is 11.4 Å². The number of carbonyl (C=O) groups excluding carboxylic acids is 1. The molecule has 0 unspecified atom stereocenters. The summed E-state index contributed by atoms with van der Waals surface area (Å²) >= 11 is 4.85. The van der Waals surface area contributed by atoms with Crippen LogP contribution in [0, 0.1) is 0 Å². The summed E-state index contributed by atoms with van der Waals surface area (Å²) < 4.78 is 0. The lowest BCUT2D eigenvalue weighted by Gasteiger charge is -2.30. The van der Waals surface area contributed by atoms with Crippen molar-refractivity contribution >= 4 is 34.5 Å². The van der Waals surface area contributed by atoms with Crippen LogP contribution in [-0.2, 0) is 4.79 Å². The lowest BCUT2D eigenvalue weighted by molar-refractivity contribution is -0.115. The molecule has 1 aliphatic rings. The molecule has 0 aromatic heterocycles. The Hall–Kier alpha value is -1.62. The van der Waals surface area contributed by atoms with Crippen molar-refractivity contribution in [2.45, 2.75) is 19.3 Å². The molecule has 3 N–H and O–H groups in total. The molecule has 2 rings (SSSR count). The van der Waals surface area contributed by atoms with E-state index < -0.39 is 0 Å². The van der Waals surface area contributed by atoms with Crippen LogP contribution >= 0.6 is 12.2 Å². The third-order valence-corrected chi connectivity index (χ3v) is 3.16. The number of amides is 1. The Morgan fingerprint density at radius 1 is 1.39 bits per heavy atom. The molecule has 0 fully saturated rings. The predicted molar refractivity (Wildman–Crippen MR) is 77.9 cm³/mol. The van der Waals surface area contributed by atoms with Crippen molar-refractivity contribution in [2.75, 3.05) is 23.3 Å². The van der Waals surface area contributed by atoms with Gasteiger partial charge < -0.3 is 16.0 Å². The number of hydrogen-bond acceptors (Lipinski definition) is 3. The van der Waals surface area contributed by atoms with Crippen LogP contribution in [-0.4, -0.2) is 24.0 Å². The zero-order chi connectivity index (χ0) is 13.0. The first-order valence-corrected chi connectivity index (χ1v) is 6.50. The molecule has 18 heavy (non-hydrogen) atoms. The highest BCUT2D eigenvalue weighted by molar-refractivity contribution is 7.80. The maximum absolute atomic E-state index is 11.6. The van der Waals surface area contributed by atoms with E-state index in [0.29, 0.717) is 11.5 Å². The van der Waals surface area contributed by atoms with Gasteiger partial charge in [-0.05, 0) is 31.4 Å². The minimum atomic E-state index is 0.0445. The molecule has 0 saturated carbocycles. The largest absolute Gasteiger partial charge is 0.393 e. The fourth-order valence-electron chi connectivity index (χ4n) is 2.10. The Bertz CT molecular complexity index is 461. The molecule has 1 aliphatic heterocycles. The van der Waals surface area contributed by atoms with Gasteiger partial charge in [-0.15, -0.1) is 0 Å². The summed E-state index contributed by atoms with van der Waals surface area (Å²) in [4.78, 5) is 14.3. The SMILES string of the molecule is NC(=S)CCCCN1CC(=O)Nc2ccccc21. The second-order valence-electron chi connectivity index (χ2n) is 4.41. The number of carbonyl (C=O) groups is 1. The van der Waals surface area contributed by atoms with Crippen molar-refractivity contribution < 1.29 is 4.79 Å². The molecule has 0 saturated heterocycles. The van der Waals surface area contributed by atoms with Gasteiger partial charge in [0, 0.05) is 6.54 Å². The number of nitrogens with one attached hydrogen (secondary N) is 1. The van der Waals surface area contributed by atoms with Crippen molar-refractivity contribution in [1.82, 2.24) is 0 Å². The molecule has 0 radical (unpaired) electrons. The van der Waals surface area contributed by atoms with Crippen molar-refractivity contribution in [3.63, 3.8) is 0 Å². The number of anilines is 2. The van der Waals surface area contributed by atoms with Gasteiger partial charge in [0.05, 0.1) is 22.9 Å². The number of rotatable bonds is 5. The summed E-state index contributed by atoms with van der Waals surface area (Å²) in [6, 6.07) is 7.87. The molecular weight excluding hydrogens is 246 g/mol. The molecule has 0 aliphatic carbocycles. The fraction of sp³-hybridized carbons (Fsp3) is 0.385. The number of hydrogen-bond donors (Lipinski definition) is 2. The average molecular weight is 263 g/mol. The molecular formula is C13H17N3OS. The smallest absolute Gasteiger partial charge is 0.243 e. The van der Waals surface area contributed by atoms with E-state index in [0.717, 1.165) is 37.2 Å². The van der Waals surface area contributed by atoms with Crippen molar-refractivity contribution in [3.8, 4) is 0 Å².